The van der Waals surface area contributed by atoms with Gasteiger partial charge < -0.3 is 9.64 Å². The standard InChI is InChI=1S/C13H26N2O4S/c1-11(2)10-19-12-5-7-15(8-6-12)13(16)9-14(3)20(4,17)18/h11-12H,5-10H2,1-4H3. The van der Waals surface area contributed by atoms with Gasteiger partial charge in [-0.1, -0.05) is 13.8 Å². The van der Waals surface area contributed by atoms with Crippen molar-refractivity contribution in [2.75, 3.05) is 39.5 Å². The topological polar surface area (TPSA) is 66.9 Å². The third-order valence-corrected chi connectivity index (χ3v) is 4.65. The lowest BCUT2D eigenvalue weighted by Gasteiger charge is -2.33. The van der Waals surface area contributed by atoms with Crippen LogP contribution < -0.4 is 0 Å². The highest BCUT2D eigenvalue weighted by molar-refractivity contribution is 7.88. The molecule has 0 bridgehead atoms. The lowest BCUT2D eigenvalue weighted by Crippen LogP contribution is -2.45. The Balaban J connectivity index is 2.36. The summed E-state index contributed by atoms with van der Waals surface area (Å²) < 4.78 is 29.4. The van der Waals surface area contributed by atoms with E-state index in [1.54, 1.807) is 4.90 Å². The summed E-state index contributed by atoms with van der Waals surface area (Å²) in [6, 6.07) is 0. The van der Waals surface area contributed by atoms with Gasteiger partial charge >= 0.3 is 0 Å². The molecule has 0 aliphatic carbocycles. The smallest absolute Gasteiger partial charge is 0.237 e. The molecule has 0 aromatic heterocycles. The Morgan fingerprint density at radius 3 is 2.35 bits per heavy atom. The summed E-state index contributed by atoms with van der Waals surface area (Å²) in [7, 11) is -1.88. The molecule has 0 saturated carbocycles. The lowest BCUT2D eigenvalue weighted by molar-refractivity contribution is -0.134. The molecule has 1 aliphatic rings. The van der Waals surface area contributed by atoms with Crippen molar-refractivity contribution < 1.29 is 17.9 Å². The summed E-state index contributed by atoms with van der Waals surface area (Å²) in [5.41, 5.74) is 0. The molecule has 7 heteroatoms. The number of hydrogen-bond acceptors (Lipinski definition) is 4. The van der Waals surface area contributed by atoms with Gasteiger partial charge in [0, 0.05) is 26.7 Å². The van der Waals surface area contributed by atoms with E-state index in [9.17, 15) is 13.2 Å². The highest BCUT2D eigenvalue weighted by Crippen LogP contribution is 2.15. The van der Waals surface area contributed by atoms with Crippen LogP contribution in [-0.2, 0) is 19.6 Å². The van der Waals surface area contributed by atoms with Crippen LogP contribution >= 0.6 is 0 Å². The van der Waals surface area contributed by atoms with E-state index in [0.29, 0.717) is 19.0 Å². The summed E-state index contributed by atoms with van der Waals surface area (Å²) in [5, 5.41) is 0. The van der Waals surface area contributed by atoms with Crippen molar-refractivity contribution >= 4 is 15.9 Å². The molecule has 0 aromatic carbocycles. The largest absolute Gasteiger partial charge is 0.378 e. The fourth-order valence-electron chi connectivity index (χ4n) is 2.01. The van der Waals surface area contributed by atoms with Gasteiger partial charge in [0.05, 0.1) is 18.9 Å². The fraction of sp³-hybridized carbons (Fsp3) is 0.923. The van der Waals surface area contributed by atoms with E-state index in [1.165, 1.54) is 7.05 Å². The van der Waals surface area contributed by atoms with Gasteiger partial charge in [0.25, 0.3) is 0 Å². The van der Waals surface area contributed by atoms with E-state index in [1.807, 2.05) is 0 Å². The number of ether oxygens (including phenoxy) is 1. The van der Waals surface area contributed by atoms with E-state index < -0.39 is 10.0 Å². The molecule has 6 nitrogen and oxygen atoms in total. The lowest BCUT2D eigenvalue weighted by atomic mass is 10.1. The average molecular weight is 306 g/mol. The Labute approximate surface area is 122 Å². The second kappa shape index (κ2) is 7.38. The highest BCUT2D eigenvalue weighted by atomic mass is 32.2. The summed E-state index contributed by atoms with van der Waals surface area (Å²) in [4.78, 5) is 13.7. The van der Waals surface area contributed by atoms with Gasteiger partial charge in [-0.25, -0.2) is 8.42 Å². The van der Waals surface area contributed by atoms with Gasteiger partial charge in [-0.15, -0.1) is 0 Å². The molecule has 0 atom stereocenters. The average Bonchev–Trinajstić information content (AvgIpc) is 2.35. The van der Waals surface area contributed by atoms with Crippen LogP contribution in [0.5, 0.6) is 0 Å². The van der Waals surface area contributed by atoms with Crippen molar-refractivity contribution in [2.24, 2.45) is 5.92 Å². The van der Waals surface area contributed by atoms with Crippen LogP contribution in [0.2, 0.25) is 0 Å². The Morgan fingerprint density at radius 1 is 1.35 bits per heavy atom. The summed E-state index contributed by atoms with van der Waals surface area (Å²) in [5.74, 6) is 0.373. The molecule has 1 aliphatic heterocycles. The maximum atomic E-state index is 12.0. The van der Waals surface area contributed by atoms with E-state index in [4.69, 9.17) is 4.74 Å². The van der Waals surface area contributed by atoms with Gasteiger partial charge in [-0.3, -0.25) is 4.79 Å². The number of hydrogen-bond donors (Lipinski definition) is 0. The summed E-state index contributed by atoms with van der Waals surface area (Å²) >= 11 is 0. The van der Waals surface area contributed by atoms with Crippen molar-refractivity contribution in [2.45, 2.75) is 32.8 Å². The molecule has 0 N–H and O–H groups in total. The zero-order valence-electron chi connectivity index (χ0n) is 12.8. The zero-order valence-corrected chi connectivity index (χ0v) is 13.6. The number of rotatable bonds is 6. The maximum Gasteiger partial charge on any atom is 0.237 e. The number of nitrogens with zero attached hydrogens (tertiary/aromatic N) is 2. The van der Waals surface area contributed by atoms with Crippen LogP contribution in [0.15, 0.2) is 0 Å². The molecular weight excluding hydrogens is 280 g/mol. The SMILES string of the molecule is CC(C)COC1CCN(C(=O)CN(C)S(C)(=O)=O)CC1. The van der Waals surface area contributed by atoms with Crippen molar-refractivity contribution in [3.8, 4) is 0 Å². The maximum absolute atomic E-state index is 12.0. The Kier molecular flexibility index (Phi) is 6.42. The van der Waals surface area contributed by atoms with Gasteiger partial charge in [0.2, 0.25) is 15.9 Å². The number of piperidine rings is 1. The Bertz CT molecular complexity index is 414. The first-order valence-corrected chi connectivity index (χ1v) is 8.85. The van der Waals surface area contributed by atoms with E-state index in [2.05, 4.69) is 13.8 Å². The predicted octanol–water partition coefficient (Wildman–Crippen LogP) is 0.541. The van der Waals surface area contributed by atoms with Gasteiger partial charge in [0.15, 0.2) is 0 Å². The van der Waals surface area contributed by atoms with Crippen LogP contribution in [0, 0.1) is 5.92 Å². The third-order valence-electron chi connectivity index (χ3n) is 3.38. The summed E-state index contributed by atoms with van der Waals surface area (Å²) in [6.45, 7) is 6.16. The van der Waals surface area contributed by atoms with Crippen LogP contribution in [0.3, 0.4) is 0 Å². The van der Waals surface area contributed by atoms with Gasteiger partial charge in [-0.05, 0) is 18.8 Å². The first kappa shape index (κ1) is 17.4. The predicted molar refractivity (Wildman–Crippen MR) is 77.9 cm³/mol. The Morgan fingerprint density at radius 2 is 1.90 bits per heavy atom. The molecule has 1 rings (SSSR count). The molecule has 0 radical (unpaired) electrons. The third kappa shape index (κ3) is 5.76. The van der Waals surface area contributed by atoms with Gasteiger partial charge in [0.1, 0.15) is 0 Å². The quantitative estimate of drug-likeness (QED) is 0.718. The summed E-state index contributed by atoms with van der Waals surface area (Å²) in [6.07, 6.45) is 2.96. The van der Waals surface area contributed by atoms with E-state index in [-0.39, 0.29) is 18.6 Å². The highest BCUT2D eigenvalue weighted by Gasteiger charge is 2.25. The molecule has 0 spiro atoms. The molecule has 0 unspecified atom stereocenters. The van der Waals surface area contributed by atoms with Crippen molar-refractivity contribution in [1.82, 2.24) is 9.21 Å². The second-order valence-corrected chi connectivity index (χ2v) is 7.92. The number of carbonyl (C=O) groups is 1. The number of likely N-dealkylation sites (N-methyl/N-ethyl adjacent to an activating group) is 1. The fourth-order valence-corrected chi connectivity index (χ4v) is 2.35. The molecule has 1 amide bonds. The molecule has 20 heavy (non-hydrogen) atoms. The molecule has 0 aromatic rings. The number of amides is 1. The minimum absolute atomic E-state index is 0.0870. The number of likely N-dealkylation sites (tertiary alicyclic amines) is 1. The van der Waals surface area contributed by atoms with Crippen LogP contribution in [-0.4, -0.2) is 69.2 Å². The molecule has 1 fully saturated rings. The number of sulfonamides is 1. The zero-order chi connectivity index (χ0) is 15.3. The second-order valence-electron chi connectivity index (χ2n) is 5.83. The normalized spacial score (nSPS) is 18.0. The van der Waals surface area contributed by atoms with Crippen LogP contribution in [0.1, 0.15) is 26.7 Å². The van der Waals surface area contributed by atoms with Crippen molar-refractivity contribution in [3.63, 3.8) is 0 Å². The molecular formula is C13H26N2O4S. The minimum Gasteiger partial charge on any atom is -0.378 e. The van der Waals surface area contributed by atoms with Crippen LogP contribution in [0.4, 0.5) is 0 Å². The van der Waals surface area contributed by atoms with Crippen molar-refractivity contribution in [3.05, 3.63) is 0 Å². The van der Waals surface area contributed by atoms with Gasteiger partial charge in [-0.2, -0.15) is 4.31 Å². The van der Waals surface area contributed by atoms with E-state index in [0.717, 1.165) is 30.0 Å². The molecule has 1 saturated heterocycles. The van der Waals surface area contributed by atoms with E-state index >= 15 is 0 Å². The molecule has 1 heterocycles. The monoisotopic (exact) mass is 306 g/mol. The first-order chi connectivity index (χ1) is 9.20. The van der Waals surface area contributed by atoms with Crippen LogP contribution in [0.25, 0.3) is 0 Å². The number of carbonyl (C=O) groups excluding carboxylic acids is 1. The van der Waals surface area contributed by atoms with Crippen molar-refractivity contribution in [1.29, 1.82) is 0 Å². The first-order valence-electron chi connectivity index (χ1n) is 7.01. The minimum atomic E-state index is -3.30. The Hall–Kier alpha value is -0.660. The molecule has 118 valence electrons.